The minimum Gasteiger partial charge on any atom is -0.349 e. The van der Waals surface area contributed by atoms with E-state index in [-0.39, 0.29) is 17.5 Å². The van der Waals surface area contributed by atoms with Gasteiger partial charge in [0.25, 0.3) is 0 Å². The van der Waals surface area contributed by atoms with Crippen LogP contribution in [0.5, 0.6) is 0 Å². The molecule has 0 radical (unpaired) electrons. The molecule has 3 rings (SSSR count). The van der Waals surface area contributed by atoms with Crippen molar-refractivity contribution in [3.63, 3.8) is 0 Å². The summed E-state index contributed by atoms with van der Waals surface area (Å²) in [6, 6.07) is 6.51. The molecule has 1 atom stereocenters. The molecule has 2 heterocycles. The van der Waals surface area contributed by atoms with E-state index < -0.39 is 0 Å². The smallest absolute Gasteiger partial charge is 0.317 e. The van der Waals surface area contributed by atoms with Crippen LogP contribution in [0.1, 0.15) is 43.4 Å². The van der Waals surface area contributed by atoms with Crippen molar-refractivity contribution >= 4 is 11.9 Å². The van der Waals surface area contributed by atoms with Crippen LogP contribution in [0.25, 0.3) is 0 Å². The van der Waals surface area contributed by atoms with Crippen LogP contribution in [0.15, 0.2) is 18.2 Å². The first-order chi connectivity index (χ1) is 11.0. The largest absolute Gasteiger partial charge is 0.349 e. The number of nitrogens with zero attached hydrogens (tertiary/aromatic N) is 1. The van der Waals surface area contributed by atoms with E-state index in [9.17, 15) is 9.59 Å². The van der Waals surface area contributed by atoms with Gasteiger partial charge in [0.2, 0.25) is 5.91 Å². The van der Waals surface area contributed by atoms with Crippen molar-refractivity contribution in [1.82, 2.24) is 15.5 Å². The first kappa shape index (κ1) is 15.8. The maximum absolute atomic E-state index is 12.4. The SMILES string of the molecule is CCc1ccc2c(c1)CCN(C(=O)NCC1(C)CCC(=O)N1)C2. The molecule has 2 aliphatic rings. The van der Waals surface area contributed by atoms with Gasteiger partial charge in [-0.05, 0) is 42.9 Å². The lowest BCUT2D eigenvalue weighted by molar-refractivity contribution is -0.119. The lowest BCUT2D eigenvalue weighted by atomic mass is 9.96. The predicted octanol–water partition coefficient (Wildman–Crippen LogP) is 1.99. The zero-order valence-electron chi connectivity index (χ0n) is 13.9. The van der Waals surface area contributed by atoms with Gasteiger partial charge in [-0.1, -0.05) is 25.1 Å². The van der Waals surface area contributed by atoms with Gasteiger partial charge in [-0.15, -0.1) is 0 Å². The summed E-state index contributed by atoms with van der Waals surface area (Å²) < 4.78 is 0. The summed E-state index contributed by atoms with van der Waals surface area (Å²) in [4.78, 5) is 25.6. The number of amides is 3. The summed E-state index contributed by atoms with van der Waals surface area (Å²) in [5, 5.41) is 5.93. The van der Waals surface area contributed by atoms with Crippen molar-refractivity contribution in [2.24, 2.45) is 0 Å². The lowest BCUT2D eigenvalue weighted by Crippen LogP contribution is -2.52. The average molecular weight is 315 g/mol. The highest BCUT2D eigenvalue weighted by Crippen LogP contribution is 2.22. The molecule has 0 spiro atoms. The van der Waals surface area contributed by atoms with Gasteiger partial charge in [0.05, 0.1) is 5.54 Å². The van der Waals surface area contributed by atoms with Gasteiger partial charge in [-0.3, -0.25) is 4.79 Å². The van der Waals surface area contributed by atoms with Crippen molar-refractivity contribution in [2.45, 2.75) is 51.6 Å². The van der Waals surface area contributed by atoms with Crippen LogP contribution in [0.3, 0.4) is 0 Å². The van der Waals surface area contributed by atoms with Crippen LogP contribution >= 0.6 is 0 Å². The van der Waals surface area contributed by atoms with E-state index in [0.717, 1.165) is 25.8 Å². The molecular formula is C18H25N3O2. The quantitative estimate of drug-likeness (QED) is 0.896. The van der Waals surface area contributed by atoms with Gasteiger partial charge >= 0.3 is 6.03 Å². The summed E-state index contributed by atoms with van der Waals surface area (Å²) in [6.45, 7) is 6.03. The Labute approximate surface area is 137 Å². The molecule has 2 N–H and O–H groups in total. The van der Waals surface area contributed by atoms with Crippen molar-refractivity contribution in [1.29, 1.82) is 0 Å². The number of hydrogen-bond acceptors (Lipinski definition) is 2. The first-order valence-corrected chi connectivity index (χ1v) is 8.43. The molecule has 0 aromatic heterocycles. The molecule has 23 heavy (non-hydrogen) atoms. The molecule has 0 aliphatic carbocycles. The Morgan fingerprint density at radius 2 is 2.17 bits per heavy atom. The van der Waals surface area contributed by atoms with E-state index in [1.807, 2.05) is 11.8 Å². The molecule has 2 aliphatic heterocycles. The molecule has 0 bridgehead atoms. The number of nitrogens with one attached hydrogen (secondary N) is 2. The summed E-state index contributed by atoms with van der Waals surface area (Å²) in [6.07, 6.45) is 3.27. The minimum atomic E-state index is -0.309. The molecule has 124 valence electrons. The summed E-state index contributed by atoms with van der Waals surface area (Å²) in [7, 11) is 0. The number of aryl methyl sites for hydroxylation is 1. The molecule has 3 amide bonds. The number of fused-ring (bicyclic) bond motifs is 1. The molecule has 0 saturated carbocycles. The third-order valence-corrected chi connectivity index (χ3v) is 4.95. The Morgan fingerprint density at radius 3 is 2.87 bits per heavy atom. The maximum Gasteiger partial charge on any atom is 0.317 e. The van der Waals surface area contributed by atoms with Gasteiger partial charge in [-0.25, -0.2) is 4.79 Å². The molecule has 5 nitrogen and oxygen atoms in total. The van der Waals surface area contributed by atoms with Crippen LogP contribution in [-0.2, 0) is 24.2 Å². The van der Waals surface area contributed by atoms with Crippen LogP contribution < -0.4 is 10.6 Å². The fourth-order valence-electron chi connectivity index (χ4n) is 3.37. The van der Waals surface area contributed by atoms with Crippen LogP contribution in [-0.4, -0.2) is 35.5 Å². The van der Waals surface area contributed by atoms with Gasteiger partial charge < -0.3 is 15.5 Å². The highest BCUT2D eigenvalue weighted by Gasteiger charge is 2.33. The van der Waals surface area contributed by atoms with Gasteiger partial charge in [0.1, 0.15) is 0 Å². The topological polar surface area (TPSA) is 61.4 Å². The number of hydrogen-bond donors (Lipinski definition) is 2. The number of carbonyl (C=O) groups excluding carboxylic acids is 2. The molecule has 1 fully saturated rings. The highest BCUT2D eigenvalue weighted by atomic mass is 16.2. The third-order valence-electron chi connectivity index (χ3n) is 4.95. The Morgan fingerprint density at radius 1 is 1.35 bits per heavy atom. The predicted molar refractivity (Wildman–Crippen MR) is 89.1 cm³/mol. The second-order valence-electron chi connectivity index (χ2n) is 6.90. The molecular weight excluding hydrogens is 290 g/mol. The Balaban J connectivity index is 1.58. The molecule has 1 aromatic carbocycles. The Kier molecular flexibility index (Phi) is 4.28. The Hall–Kier alpha value is -2.04. The highest BCUT2D eigenvalue weighted by molar-refractivity contribution is 5.80. The van der Waals surface area contributed by atoms with Gasteiger partial charge in [0, 0.05) is 26.1 Å². The number of rotatable bonds is 3. The number of benzene rings is 1. The van der Waals surface area contributed by atoms with Crippen molar-refractivity contribution in [2.75, 3.05) is 13.1 Å². The second-order valence-corrected chi connectivity index (χ2v) is 6.90. The monoisotopic (exact) mass is 315 g/mol. The third kappa shape index (κ3) is 3.49. The van der Waals surface area contributed by atoms with Crippen molar-refractivity contribution in [3.8, 4) is 0 Å². The van der Waals surface area contributed by atoms with Crippen LogP contribution in [0.2, 0.25) is 0 Å². The standard InChI is InChI=1S/C18H25N3O2/c1-3-13-4-5-15-11-21(9-7-14(15)10-13)17(23)19-12-18(2)8-6-16(22)20-18/h4-5,10H,3,6-9,11-12H2,1-2H3,(H,19,23)(H,20,22). The lowest BCUT2D eigenvalue weighted by Gasteiger charge is -2.31. The van der Waals surface area contributed by atoms with E-state index in [2.05, 4.69) is 35.8 Å². The molecule has 1 aromatic rings. The number of urea groups is 1. The fraction of sp³-hybridized carbons (Fsp3) is 0.556. The second kappa shape index (κ2) is 6.22. The van der Waals surface area contributed by atoms with E-state index >= 15 is 0 Å². The van der Waals surface area contributed by atoms with Gasteiger partial charge in [-0.2, -0.15) is 0 Å². The zero-order chi connectivity index (χ0) is 16.4. The van der Waals surface area contributed by atoms with Crippen molar-refractivity contribution in [3.05, 3.63) is 34.9 Å². The van der Waals surface area contributed by atoms with Crippen LogP contribution in [0, 0.1) is 0 Å². The van der Waals surface area contributed by atoms with E-state index in [4.69, 9.17) is 0 Å². The van der Waals surface area contributed by atoms with E-state index in [1.54, 1.807) is 0 Å². The zero-order valence-corrected chi connectivity index (χ0v) is 13.9. The van der Waals surface area contributed by atoms with Crippen molar-refractivity contribution < 1.29 is 9.59 Å². The molecule has 1 unspecified atom stereocenters. The molecule has 5 heteroatoms. The summed E-state index contributed by atoms with van der Waals surface area (Å²) >= 11 is 0. The first-order valence-electron chi connectivity index (χ1n) is 8.43. The minimum absolute atomic E-state index is 0.0439. The summed E-state index contributed by atoms with van der Waals surface area (Å²) in [5.74, 6) is 0.0698. The van der Waals surface area contributed by atoms with E-state index in [0.29, 0.717) is 19.5 Å². The van der Waals surface area contributed by atoms with E-state index in [1.165, 1.54) is 16.7 Å². The summed E-state index contributed by atoms with van der Waals surface area (Å²) in [5.41, 5.74) is 3.65. The average Bonchev–Trinajstić information content (AvgIpc) is 2.91. The maximum atomic E-state index is 12.4. The Bertz CT molecular complexity index is 629. The van der Waals surface area contributed by atoms with Crippen LogP contribution in [0.4, 0.5) is 4.79 Å². The number of carbonyl (C=O) groups is 2. The normalized spacial score (nSPS) is 23.4. The molecule has 1 saturated heterocycles. The van der Waals surface area contributed by atoms with Gasteiger partial charge in [0.15, 0.2) is 0 Å². The fourth-order valence-corrected chi connectivity index (χ4v) is 3.37.